The molecule has 2 unspecified atom stereocenters. The van der Waals surface area contributed by atoms with Gasteiger partial charge in [-0.3, -0.25) is 4.79 Å². The molecule has 0 amide bonds. The number of halogens is 1. The smallest absolute Gasteiger partial charge is 0.303 e. The molecule has 0 aliphatic carbocycles. The lowest BCUT2D eigenvalue weighted by molar-refractivity contribution is -0.137. The highest BCUT2D eigenvalue weighted by atomic mass is 19.1. The molecule has 0 aliphatic heterocycles. The SMILES string of the molecule is CC(F)c1cc(C(N)CCC(=O)O)ccc1O. The number of hydrogen-bond acceptors (Lipinski definition) is 3. The minimum Gasteiger partial charge on any atom is -0.508 e. The minimum atomic E-state index is -1.29. The van der Waals surface area contributed by atoms with E-state index in [1.807, 2.05) is 0 Å². The Kier molecular flexibility index (Phi) is 4.45. The van der Waals surface area contributed by atoms with Crippen molar-refractivity contribution in [3.05, 3.63) is 29.3 Å². The van der Waals surface area contributed by atoms with E-state index in [1.165, 1.54) is 19.1 Å². The van der Waals surface area contributed by atoms with E-state index in [0.29, 0.717) is 5.56 Å². The molecule has 2 atom stereocenters. The average Bonchev–Trinajstić information content (AvgIpc) is 2.26. The summed E-state index contributed by atoms with van der Waals surface area (Å²) in [6.07, 6.45) is -1.05. The van der Waals surface area contributed by atoms with Gasteiger partial charge in [-0.2, -0.15) is 0 Å². The molecule has 0 saturated carbocycles. The van der Waals surface area contributed by atoms with E-state index in [1.54, 1.807) is 6.07 Å². The van der Waals surface area contributed by atoms with Crippen LogP contribution in [-0.2, 0) is 4.79 Å². The first-order valence-electron chi connectivity index (χ1n) is 5.36. The number of aliphatic carboxylic acids is 1. The summed E-state index contributed by atoms with van der Waals surface area (Å²) in [6.45, 7) is 1.32. The number of benzene rings is 1. The lowest BCUT2D eigenvalue weighted by Gasteiger charge is -2.14. The molecule has 0 saturated heterocycles. The minimum absolute atomic E-state index is 0.0391. The van der Waals surface area contributed by atoms with Crippen LogP contribution in [0.5, 0.6) is 5.75 Å². The second-order valence-electron chi connectivity index (χ2n) is 3.97. The van der Waals surface area contributed by atoms with Gasteiger partial charge >= 0.3 is 5.97 Å². The van der Waals surface area contributed by atoms with Crippen LogP contribution in [-0.4, -0.2) is 16.2 Å². The number of hydrogen-bond donors (Lipinski definition) is 3. The van der Waals surface area contributed by atoms with Gasteiger partial charge in [-0.05, 0) is 31.0 Å². The molecule has 0 bridgehead atoms. The molecule has 1 aromatic carbocycles. The normalized spacial score (nSPS) is 14.3. The molecule has 5 heteroatoms. The van der Waals surface area contributed by atoms with E-state index >= 15 is 0 Å². The second kappa shape index (κ2) is 5.63. The Morgan fingerprint density at radius 1 is 1.53 bits per heavy atom. The maximum absolute atomic E-state index is 13.2. The van der Waals surface area contributed by atoms with Crippen molar-refractivity contribution in [3.8, 4) is 5.75 Å². The van der Waals surface area contributed by atoms with Crippen LogP contribution in [0.4, 0.5) is 4.39 Å². The van der Waals surface area contributed by atoms with Gasteiger partial charge in [0.15, 0.2) is 0 Å². The van der Waals surface area contributed by atoms with Crippen molar-refractivity contribution in [2.75, 3.05) is 0 Å². The largest absolute Gasteiger partial charge is 0.508 e. The van der Waals surface area contributed by atoms with Crippen molar-refractivity contribution in [2.45, 2.75) is 32.0 Å². The molecule has 0 heterocycles. The summed E-state index contributed by atoms with van der Waals surface area (Å²) in [6, 6.07) is 3.96. The molecule has 0 aliphatic rings. The van der Waals surface area contributed by atoms with Crippen LogP contribution in [0.25, 0.3) is 0 Å². The number of carboxylic acids is 1. The lowest BCUT2D eigenvalue weighted by Crippen LogP contribution is -2.12. The van der Waals surface area contributed by atoms with Crippen molar-refractivity contribution >= 4 is 5.97 Å². The number of phenolic OH excluding ortho intramolecular Hbond substituents is 1. The Balaban J connectivity index is 2.84. The number of phenols is 1. The van der Waals surface area contributed by atoms with Gasteiger partial charge in [0.2, 0.25) is 0 Å². The van der Waals surface area contributed by atoms with E-state index in [-0.39, 0.29) is 24.2 Å². The molecule has 17 heavy (non-hydrogen) atoms. The molecule has 94 valence electrons. The summed E-state index contributed by atoms with van der Waals surface area (Å²) >= 11 is 0. The van der Waals surface area contributed by atoms with Gasteiger partial charge in [-0.25, -0.2) is 4.39 Å². The zero-order chi connectivity index (χ0) is 13.0. The topological polar surface area (TPSA) is 83.6 Å². The number of aromatic hydroxyl groups is 1. The molecular formula is C12H16FNO3. The molecular weight excluding hydrogens is 225 g/mol. The Morgan fingerprint density at radius 3 is 2.71 bits per heavy atom. The molecule has 4 nitrogen and oxygen atoms in total. The molecule has 1 aromatic rings. The van der Waals surface area contributed by atoms with Crippen LogP contribution >= 0.6 is 0 Å². The van der Waals surface area contributed by atoms with E-state index in [0.717, 1.165) is 0 Å². The molecule has 0 aromatic heterocycles. The van der Waals surface area contributed by atoms with Gasteiger partial charge in [0.05, 0.1) is 0 Å². The van der Waals surface area contributed by atoms with Gasteiger partial charge < -0.3 is 15.9 Å². The second-order valence-corrected chi connectivity index (χ2v) is 3.97. The third-order valence-electron chi connectivity index (χ3n) is 2.58. The van der Waals surface area contributed by atoms with Crippen LogP contribution in [0.1, 0.15) is 43.1 Å². The monoisotopic (exact) mass is 241 g/mol. The highest BCUT2D eigenvalue weighted by Gasteiger charge is 2.14. The maximum Gasteiger partial charge on any atom is 0.303 e. The summed E-state index contributed by atoms with van der Waals surface area (Å²) in [7, 11) is 0. The van der Waals surface area contributed by atoms with E-state index < -0.39 is 18.2 Å². The third kappa shape index (κ3) is 3.71. The molecule has 0 radical (unpaired) electrons. The summed E-state index contributed by atoms with van der Waals surface area (Å²) in [5, 5.41) is 18.0. The maximum atomic E-state index is 13.2. The van der Waals surface area contributed by atoms with Gasteiger partial charge in [0.1, 0.15) is 11.9 Å². The fourth-order valence-electron chi connectivity index (χ4n) is 1.57. The first kappa shape index (κ1) is 13.4. The van der Waals surface area contributed by atoms with Crippen molar-refractivity contribution in [1.29, 1.82) is 0 Å². The van der Waals surface area contributed by atoms with Crippen LogP contribution in [0.2, 0.25) is 0 Å². The van der Waals surface area contributed by atoms with Crippen molar-refractivity contribution in [2.24, 2.45) is 5.73 Å². The van der Waals surface area contributed by atoms with Crippen LogP contribution in [0.15, 0.2) is 18.2 Å². The van der Waals surface area contributed by atoms with Gasteiger partial charge in [0, 0.05) is 18.0 Å². The highest BCUT2D eigenvalue weighted by molar-refractivity contribution is 5.66. The number of carbonyl (C=O) groups is 1. The number of carboxylic acid groups (broad SMARTS) is 1. The standard InChI is InChI=1S/C12H16FNO3/c1-7(13)9-6-8(2-4-11(9)15)10(14)3-5-12(16)17/h2,4,6-7,10,15H,3,5,14H2,1H3,(H,16,17). The summed E-state index contributed by atoms with van der Waals surface area (Å²) in [5.74, 6) is -1.03. The average molecular weight is 241 g/mol. The molecule has 0 spiro atoms. The fraction of sp³-hybridized carbons (Fsp3) is 0.417. The summed E-state index contributed by atoms with van der Waals surface area (Å²) < 4.78 is 13.2. The van der Waals surface area contributed by atoms with Gasteiger partial charge in [-0.15, -0.1) is 0 Å². The first-order chi connectivity index (χ1) is 7.91. The quantitative estimate of drug-likeness (QED) is 0.738. The Hall–Kier alpha value is -1.62. The molecule has 1 rings (SSSR count). The summed E-state index contributed by atoms with van der Waals surface area (Å²) in [5.41, 5.74) is 6.60. The first-order valence-corrected chi connectivity index (χ1v) is 5.36. The Morgan fingerprint density at radius 2 is 2.18 bits per heavy atom. The van der Waals surface area contributed by atoms with Crippen LogP contribution < -0.4 is 5.73 Å². The number of alkyl halides is 1. The Labute approximate surface area is 98.9 Å². The van der Waals surface area contributed by atoms with Crippen molar-refractivity contribution < 1.29 is 19.4 Å². The van der Waals surface area contributed by atoms with Gasteiger partial charge in [-0.1, -0.05) is 6.07 Å². The van der Waals surface area contributed by atoms with E-state index in [4.69, 9.17) is 10.8 Å². The summed E-state index contributed by atoms with van der Waals surface area (Å²) in [4.78, 5) is 10.4. The highest BCUT2D eigenvalue weighted by Crippen LogP contribution is 2.29. The number of nitrogens with two attached hydrogens (primary N) is 1. The van der Waals surface area contributed by atoms with E-state index in [2.05, 4.69) is 0 Å². The molecule has 0 fully saturated rings. The third-order valence-corrected chi connectivity index (χ3v) is 2.58. The van der Waals surface area contributed by atoms with Crippen molar-refractivity contribution in [1.82, 2.24) is 0 Å². The lowest BCUT2D eigenvalue weighted by atomic mass is 9.99. The van der Waals surface area contributed by atoms with Crippen LogP contribution in [0, 0.1) is 0 Å². The van der Waals surface area contributed by atoms with Crippen molar-refractivity contribution in [3.63, 3.8) is 0 Å². The van der Waals surface area contributed by atoms with E-state index in [9.17, 15) is 14.3 Å². The zero-order valence-corrected chi connectivity index (χ0v) is 9.56. The Bertz CT molecular complexity index is 407. The fourth-order valence-corrected chi connectivity index (χ4v) is 1.57. The number of rotatable bonds is 5. The molecule has 4 N–H and O–H groups in total. The van der Waals surface area contributed by atoms with Crippen LogP contribution in [0.3, 0.4) is 0 Å². The zero-order valence-electron chi connectivity index (χ0n) is 9.56. The predicted octanol–water partition coefficient (Wildman–Crippen LogP) is 2.29. The van der Waals surface area contributed by atoms with Gasteiger partial charge in [0.25, 0.3) is 0 Å². The predicted molar refractivity (Wildman–Crippen MR) is 61.4 cm³/mol.